The van der Waals surface area contributed by atoms with E-state index in [-0.39, 0.29) is 23.4 Å². The summed E-state index contributed by atoms with van der Waals surface area (Å²) in [6.45, 7) is 5.01. The number of ether oxygens (including phenoxy) is 1. The Morgan fingerprint density at radius 1 is 1.30 bits per heavy atom. The first-order valence-corrected chi connectivity index (χ1v) is 12.1. The summed E-state index contributed by atoms with van der Waals surface area (Å²) in [7, 11) is 1.71. The Balaban J connectivity index is 1.83. The van der Waals surface area contributed by atoms with Gasteiger partial charge in [0, 0.05) is 37.0 Å². The second-order valence-electron chi connectivity index (χ2n) is 9.07. The fourth-order valence-electron chi connectivity index (χ4n) is 4.67. The minimum absolute atomic E-state index is 0.177. The van der Waals surface area contributed by atoms with Crippen LogP contribution in [0.25, 0.3) is 10.9 Å². The lowest BCUT2D eigenvalue weighted by Gasteiger charge is -2.33. The van der Waals surface area contributed by atoms with Crippen LogP contribution in [0.3, 0.4) is 0 Å². The van der Waals surface area contributed by atoms with Crippen LogP contribution in [0.15, 0.2) is 24.3 Å². The van der Waals surface area contributed by atoms with Crippen LogP contribution in [0.2, 0.25) is 0 Å². The number of aromatic nitrogens is 1. The van der Waals surface area contributed by atoms with Crippen molar-refractivity contribution in [1.82, 2.24) is 15.6 Å². The molecule has 1 aromatic carbocycles. The molecule has 182 valence electrons. The van der Waals surface area contributed by atoms with Gasteiger partial charge in [0.15, 0.2) is 0 Å². The predicted octanol–water partition coefficient (Wildman–Crippen LogP) is 3.78. The molecule has 7 nitrogen and oxygen atoms in total. The molecule has 33 heavy (non-hydrogen) atoms. The number of nitrogens with two attached hydrogens (primary N) is 1. The molecule has 0 aliphatic heterocycles. The largest absolute Gasteiger partial charge is 0.384 e. The number of anilines is 1. The molecule has 1 aliphatic rings. The molecule has 0 radical (unpaired) electrons. The number of rotatable bonds is 11. The number of amides is 1. The average Bonchev–Trinajstić information content (AvgIpc) is 2.80. The highest BCUT2D eigenvalue weighted by molar-refractivity contribution is 6.02. The van der Waals surface area contributed by atoms with Crippen LogP contribution >= 0.6 is 0 Å². The standard InChI is InChI=1S/C25H38FN5O2/c1-4-22(30-18-9-6-5-7-10-18)17(15-33-3)14-28-24-20(25(32)29-16(2)27)13-19-21(26)11-8-12-23(19)31-24/h8,11-13,16-18,22,30H,4-7,9-10,14-15,27H2,1-3H3,(H,28,31)(H,29,32). The van der Waals surface area contributed by atoms with Crippen molar-refractivity contribution in [1.29, 1.82) is 0 Å². The fourth-order valence-corrected chi connectivity index (χ4v) is 4.67. The number of methoxy groups -OCH3 is 1. The third-order valence-corrected chi connectivity index (χ3v) is 6.39. The number of nitrogens with one attached hydrogen (secondary N) is 3. The summed E-state index contributed by atoms with van der Waals surface area (Å²) >= 11 is 0. The van der Waals surface area contributed by atoms with Gasteiger partial charge in [0.25, 0.3) is 5.91 Å². The molecular weight excluding hydrogens is 421 g/mol. The van der Waals surface area contributed by atoms with Gasteiger partial charge in [-0.2, -0.15) is 0 Å². The molecule has 1 aliphatic carbocycles. The fraction of sp³-hybridized carbons (Fsp3) is 0.600. The minimum atomic E-state index is -0.535. The van der Waals surface area contributed by atoms with E-state index >= 15 is 0 Å². The Labute approximate surface area is 196 Å². The van der Waals surface area contributed by atoms with E-state index in [9.17, 15) is 9.18 Å². The van der Waals surface area contributed by atoms with Crippen LogP contribution < -0.4 is 21.7 Å². The van der Waals surface area contributed by atoms with Crippen LogP contribution in [-0.4, -0.2) is 49.4 Å². The maximum Gasteiger partial charge on any atom is 0.256 e. The highest BCUT2D eigenvalue weighted by atomic mass is 19.1. The molecule has 0 bridgehead atoms. The molecule has 1 heterocycles. The van der Waals surface area contributed by atoms with E-state index in [1.54, 1.807) is 32.2 Å². The lowest BCUT2D eigenvalue weighted by molar-refractivity contribution is 0.0942. The van der Waals surface area contributed by atoms with Crippen LogP contribution in [-0.2, 0) is 4.74 Å². The number of carbonyl (C=O) groups is 1. The molecule has 5 N–H and O–H groups in total. The highest BCUT2D eigenvalue weighted by Gasteiger charge is 2.25. The molecule has 3 atom stereocenters. The van der Waals surface area contributed by atoms with Crippen molar-refractivity contribution in [3.63, 3.8) is 0 Å². The summed E-state index contributed by atoms with van der Waals surface area (Å²) in [6, 6.07) is 7.08. The highest BCUT2D eigenvalue weighted by Crippen LogP contribution is 2.24. The van der Waals surface area contributed by atoms with E-state index in [4.69, 9.17) is 10.5 Å². The van der Waals surface area contributed by atoms with E-state index in [1.165, 1.54) is 38.2 Å². The van der Waals surface area contributed by atoms with E-state index < -0.39 is 12.0 Å². The first-order valence-electron chi connectivity index (χ1n) is 12.1. The Hall–Kier alpha value is -2.29. The molecule has 2 aromatic rings. The van der Waals surface area contributed by atoms with Gasteiger partial charge < -0.3 is 26.4 Å². The zero-order valence-electron chi connectivity index (χ0n) is 20.0. The maximum absolute atomic E-state index is 14.4. The van der Waals surface area contributed by atoms with Crippen molar-refractivity contribution in [2.24, 2.45) is 11.7 Å². The number of carbonyl (C=O) groups excluding carboxylic acids is 1. The summed E-state index contributed by atoms with van der Waals surface area (Å²) in [5.74, 6) is -0.210. The molecule has 0 saturated heterocycles. The van der Waals surface area contributed by atoms with Crippen molar-refractivity contribution in [3.8, 4) is 0 Å². The SMILES string of the molecule is CCC(NC1CCCCC1)C(CNc1nc2cccc(F)c2cc1C(=O)NC(C)N)COC. The number of nitrogens with zero attached hydrogens (tertiary/aromatic N) is 1. The van der Waals surface area contributed by atoms with Gasteiger partial charge in [-0.3, -0.25) is 4.79 Å². The van der Waals surface area contributed by atoms with Crippen LogP contribution in [0.4, 0.5) is 10.2 Å². The molecule has 0 spiro atoms. The number of hydrogen-bond acceptors (Lipinski definition) is 6. The van der Waals surface area contributed by atoms with Gasteiger partial charge >= 0.3 is 0 Å². The van der Waals surface area contributed by atoms with Crippen LogP contribution in [0, 0.1) is 11.7 Å². The molecule has 1 fully saturated rings. The Morgan fingerprint density at radius 2 is 2.06 bits per heavy atom. The third kappa shape index (κ3) is 6.85. The summed E-state index contributed by atoms with van der Waals surface area (Å²) in [4.78, 5) is 17.4. The lowest BCUT2D eigenvalue weighted by atomic mass is 9.91. The zero-order valence-corrected chi connectivity index (χ0v) is 20.0. The van der Waals surface area contributed by atoms with Gasteiger partial charge in [-0.1, -0.05) is 32.3 Å². The minimum Gasteiger partial charge on any atom is -0.384 e. The van der Waals surface area contributed by atoms with E-state index in [2.05, 4.69) is 27.9 Å². The molecule has 3 unspecified atom stereocenters. The Morgan fingerprint density at radius 3 is 2.73 bits per heavy atom. The maximum atomic E-state index is 14.4. The molecule has 8 heteroatoms. The van der Waals surface area contributed by atoms with Crippen molar-refractivity contribution >= 4 is 22.6 Å². The zero-order chi connectivity index (χ0) is 23.8. The van der Waals surface area contributed by atoms with E-state index in [0.29, 0.717) is 35.9 Å². The number of benzene rings is 1. The first kappa shape index (κ1) is 25.3. The monoisotopic (exact) mass is 459 g/mol. The predicted molar refractivity (Wildman–Crippen MR) is 131 cm³/mol. The van der Waals surface area contributed by atoms with Crippen LogP contribution in [0.5, 0.6) is 0 Å². The summed E-state index contributed by atoms with van der Waals surface area (Å²) < 4.78 is 19.9. The third-order valence-electron chi connectivity index (χ3n) is 6.39. The molecule has 1 saturated carbocycles. The molecular formula is C25H38FN5O2. The van der Waals surface area contributed by atoms with Gasteiger partial charge in [-0.15, -0.1) is 0 Å². The first-order chi connectivity index (χ1) is 15.9. The smallest absolute Gasteiger partial charge is 0.256 e. The lowest BCUT2D eigenvalue weighted by Crippen LogP contribution is -2.46. The Kier molecular flexibility index (Phi) is 9.41. The number of halogens is 1. The summed E-state index contributed by atoms with van der Waals surface area (Å²) in [6.07, 6.45) is 6.73. The van der Waals surface area contributed by atoms with Gasteiger partial charge in [0.2, 0.25) is 0 Å². The number of hydrogen-bond donors (Lipinski definition) is 4. The molecule has 3 rings (SSSR count). The second-order valence-corrected chi connectivity index (χ2v) is 9.07. The second kappa shape index (κ2) is 12.3. The van der Waals surface area contributed by atoms with Gasteiger partial charge in [-0.05, 0) is 44.4 Å². The number of fused-ring (bicyclic) bond motifs is 1. The van der Waals surface area contributed by atoms with Crippen molar-refractivity contribution < 1.29 is 13.9 Å². The topological polar surface area (TPSA) is 101 Å². The van der Waals surface area contributed by atoms with Gasteiger partial charge in [0.05, 0.1) is 23.9 Å². The molecule has 1 amide bonds. The average molecular weight is 460 g/mol. The number of pyridine rings is 1. The van der Waals surface area contributed by atoms with Crippen LogP contribution in [0.1, 0.15) is 62.7 Å². The molecule has 1 aromatic heterocycles. The normalized spacial score (nSPS) is 17.5. The quantitative estimate of drug-likeness (QED) is 0.382. The summed E-state index contributed by atoms with van der Waals surface area (Å²) in [5, 5.41) is 10.2. The van der Waals surface area contributed by atoms with E-state index in [0.717, 1.165) is 6.42 Å². The van der Waals surface area contributed by atoms with E-state index in [1.807, 2.05) is 0 Å². The van der Waals surface area contributed by atoms with Gasteiger partial charge in [0.1, 0.15) is 11.6 Å². The van der Waals surface area contributed by atoms with Gasteiger partial charge in [-0.25, -0.2) is 9.37 Å². The van der Waals surface area contributed by atoms with Crippen molar-refractivity contribution in [3.05, 3.63) is 35.6 Å². The summed E-state index contributed by atoms with van der Waals surface area (Å²) in [5.41, 5.74) is 6.52. The van der Waals surface area contributed by atoms with Crippen molar-refractivity contribution in [2.45, 2.75) is 70.6 Å². The Bertz CT molecular complexity index is 917. The van der Waals surface area contributed by atoms with Crippen molar-refractivity contribution in [2.75, 3.05) is 25.6 Å².